The second-order valence-electron chi connectivity index (χ2n) is 1.74. The summed E-state index contributed by atoms with van der Waals surface area (Å²) in [5.74, 6) is 0. The molecule has 0 bridgehead atoms. The smallest absolute Gasteiger partial charge is 0.00979 e. The van der Waals surface area contributed by atoms with Crippen molar-refractivity contribution in [2.75, 3.05) is 0 Å². The number of hydrogen-bond acceptors (Lipinski definition) is 2. The monoisotopic (exact) mass is 127 g/mol. The molecule has 0 saturated heterocycles. The normalized spacial score (nSPS) is 18.9. The zero-order valence-corrected chi connectivity index (χ0v) is 5.49. The minimum Gasteiger partial charge on any atom is -0.367 e. The first-order valence-electron chi connectivity index (χ1n) is 2.68. The Balaban J connectivity index is 2.48. The Kier molecular flexibility index (Phi) is 2.03. The number of rotatable bonds is 0. The molecule has 1 N–H and O–H groups in total. The van der Waals surface area contributed by atoms with E-state index < -0.39 is 0 Å². The van der Waals surface area contributed by atoms with Gasteiger partial charge in [0.05, 0.1) is 0 Å². The molecule has 8 heavy (non-hydrogen) atoms. The van der Waals surface area contributed by atoms with Crippen LogP contribution in [0.1, 0.15) is 12.8 Å². The van der Waals surface area contributed by atoms with Crippen molar-refractivity contribution in [3.8, 4) is 0 Å². The van der Waals surface area contributed by atoms with Crippen LogP contribution in [0.3, 0.4) is 0 Å². The summed E-state index contributed by atoms with van der Waals surface area (Å²) < 4.78 is 0. The van der Waals surface area contributed by atoms with E-state index >= 15 is 0 Å². The quantitative estimate of drug-likeness (QED) is 0.471. The summed E-state index contributed by atoms with van der Waals surface area (Å²) in [5, 5.41) is 2.98. The first-order valence-corrected chi connectivity index (χ1v) is 3.13. The summed E-state index contributed by atoms with van der Waals surface area (Å²) in [7, 11) is 0. The molecule has 1 aliphatic heterocycles. The molecule has 0 aromatic carbocycles. The van der Waals surface area contributed by atoms with Crippen LogP contribution in [0.15, 0.2) is 23.4 Å². The largest absolute Gasteiger partial charge is 0.367 e. The van der Waals surface area contributed by atoms with Gasteiger partial charge in [0.1, 0.15) is 0 Å². The van der Waals surface area contributed by atoms with Gasteiger partial charge in [0.15, 0.2) is 0 Å². The molecule has 2 heteroatoms. The van der Waals surface area contributed by atoms with Crippen molar-refractivity contribution in [2.24, 2.45) is 0 Å². The molecule has 0 aliphatic carbocycles. The van der Waals surface area contributed by atoms with Gasteiger partial charge in [-0.2, -0.15) is 0 Å². The van der Waals surface area contributed by atoms with Crippen molar-refractivity contribution in [1.82, 2.24) is 5.32 Å². The minimum atomic E-state index is 1.06. The van der Waals surface area contributed by atoms with Gasteiger partial charge in [0, 0.05) is 6.20 Å². The second-order valence-corrected chi connectivity index (χ2v) is 2.32. The van der Waals surface area contributed by atoms with Gasteiger partial charge in [-0.25, -0.2) is 0 Å². The molecule has 0 spiro atoms. The molecule has 0 atom stereocenters. The van der Waals surface area contributed by atoms with E-state index in [0.29, 0.717) is 0 Å². The van der Waals surface area contributed by atoms with Gasteiger partial charge in [-0.1, -0.05) is 6.08 Å². The SMILES string of the molecule is SC1=CNC=CCC1. The number of thiol groups is 1. The summed E-state index contributed by atoms with van der Waals surface area (Å²) in [5.41, 5.74) is 0. The maximum atomic E-state index is 4.19. The van der Waals surface area contributed by atoms with E-state index in [0.717, 1.165) is 17.7 Å². The van der Waals surface area contributed by atoms with Crippen molar-refractivity contribution in [1.29, 1.82) is 0 Å². The summed E-state index contributed by atoms with van der Waals surface area (Å²) in [6.07, 6.45) is 8.10. The Bertz CT molecular complexity index is 126. The fourth-order valence-electron chi connectivity index (χ4n) is 0.599. The van der Waals surface area contributed by atoms with Gasteiger partial charge < -0.3 is 5.32 Å². The van der Waals surface area contributed by atoms with E-state index in [1.807, 2.05) is 12.4 Å². The lowest BCUT2D eigenvalue weighted by Crippen LogP contribution is -1.89. The molecule has 0 saturated carbocycles. The standard InChI is InChI=1S/C6H9NS/c8-6-3-1-2-4-7-5-6/h2,4-5,7-8H,1,3H2. The third kappa shape index (κ3) is 1.62. The molecule has 0 fully saturated rings. The summed E-state index contributed by atoms with van der Waals surface area (Å²) >= 11 is 4.19. The molecule has 1 aliphatic rings. The van der Waals surface area contributed by atoms with E-state index in [4.69, 9.17) is 0 Å². The number of allylic oxidation sites excluding steroid dienone is 2. The first-order chi connectivity index (χ1) is 3.89. The average molecular weight is 127 g/mol. The highest BCUT2D eigenvalue weighted by molar-refractivity contribution is 7.84. The molecular weight excluding hydrogens is 118 g/mol. The van der Waals surface area contributed by atoms with Crippen molar-refractivity contribution in [3.63, 3.8) is 0 Å². The van der Waals surface area contributed by atoms with Crippen molar-refractivity contribution >= 4 is 12.6 Å². The molecule has 1 nitrogen and oxygen atoms in total. The zero-order chi connectivity index (χ0) is 5.82. The molecule has 1 heterocycles. The maximum Gasteiger partial charge on any atom is 0.00979 e. The topological polar surface area (TPSA) is 12.0 Å². The van der Waals surface area contributed by atoms with Crippen molar-refractivity contribution < 1.29 is 0 Å². The van der Waals surface area contributed by atoms with Crippen LogP contribution >= 0.6 is 12.6 Å². The van der Waals surface area contributed by atoms with Crippen LogP contribution in [0.5, 0.6) is 0 Å². The fourth-order valence-corrected chi connectivity index (χ4v) is 0.803. The zero-order valence-electron chi connectivity index (χ0n) is 4.59. The highest BCUT2D eigenvalue weighted by Gasteiger charge is 1.89. The fraction of sp³-hybridized carbons (Fsp3) is 0.333. The molecule has 1 rings (SSSR count). The molecule has 0 aromatic heterocycles. The minimum absolute atomic E-state index is 1.06. The maximum absolute atomic E-state index is 4.19. The van der Waals surface area contributed by atoms with Gasteiger partial charge in [0.2, 0.25) is 0 Å². The van der Waals surface area contributed by atoms with Crippen LogP contribution in [0.25, 0.3) is 0 Å². The van der Waals surface area contributed by atoms with Crippen LogP contribution in [-0.4, -0.2) is 0 Å². The van der Waals surface area contributed by atoms with E-state index in [1.54, 1.807) is 0 Å². The van der Waals surface area contributed by atoms with Gasteiger partial charge in [-0.3, -0.25) is 0 Å². The van der Waals surface area contributed by atoms with Gasteiger partial charge in [-0.05, 0) is 23.9 Å². The predicted molar refractivity (Wildman–Crippen MR) is 38.6 cm³/mol. The lowest BCUT2D eigenvalue weighted by atomic mass is 10.3. The Hall–Kier alpha value is -0.370. The van der Waals surface area contributed by atoms with E-state index in [-0.39, 0.29) is 0 Å². The van der Waals surface area contributed by atoms with E-state index in [2.05, 4.69) is 24.0 Å². The Labute approximate surface area is 54.9 Å². The molecular formula is C6H9NS. The predicted octanol–water partition coefficient (Wildman–Crippen LogP) is 1.65. The van der Waals surface area contributed by atoms with Crippen LogP contribution < -0.4 is 5.32 Å². The lowest BCUT2D eigenvalue weighted by molar-refractivity contribution is 1.05. The van der Waals surface area contributed by atoms with Gasteiger partial charge in [0.25, 0.3) is 0 Å². The lowest BCUT2D eigenvalue weighted by Gasteiger charge is -1.89. The summed E-state index contributed by atoms with van der Waals surface area (Å²) in [6.45, 7) is 0. The Morgan fingerprint density at radius 2 is 2.50 bits per heavy atom. The molecule has 0 aromatic rings. The molecule has 44 valence electrons. The van der Waals surface area contributed by atoms with Gasteiger partial charge >= 0.3 is 0 Å². The number of nitrogens with one attached hydrogen (secondary N) is 1. The molecule has 0 unspecified atom stereocenters. The van der Waals surface area contributed by atoms with Crippen LogP contribution in [0.2, 0.25) is 0 Å². The Morgan fingerprint density at radius 1 is 1.62 bits per heavy atom. The third-order valence-electron chi connectivity index (χ3n) is 1.03. The highest BCUT2D eigenvalue weighted by atomic mass is 32.1. The highest BCUT2D eigenvalue weighted by Crippen LogP contribution is 2.09. The van der Waals surface area contributed by atoms with Gasteiger partial charge in [-0.15, -0.1) is 12.6 Å². The molecule has 0 amide bonds. The second kappa shape index (κ2) is 2.82. The van der Waals surface area contributed by atoms with Crippen molar-refractivity contribution in [3.05, 3.63) is 23.4 Å². The van der Waals surface area contributed by atoms with E-state index in [9.17, 15) is 0 Å². The van der Waals surface area contributed by atoms with Crippen LogP contribution in [0, 0.1) is 0 Å². The average Bonchev–Trinajstić information content (AvgIpc) is 1.94. The summed E-state index contributed by atoms with van der Waals surface area (Å²) in [4.78, 5) is 1.12. The summed E-state index contributed by atoms with van der Waals surface area (Å²) in [6, 6.07) is 0. The first kappa shape index (κ1) is 5.76. The van der Waals surface area contributed by atoms with Crippen LogP contribution in [-0.2, 0) is 0 Å². The van der Waals surface area contributed by atoms with E-state index in [1.165, 1.54) is 0 Å². The van der Waals surface area contributed by atoms with Crippen molar-refractivity contribution in [2.45, 2.75) is 12.8 Å². The van der Waals surface area contributed by atoms with Crippen LogP contribution in [0.4, 0.5) is 0 Å². The molecule has 0 radical (unpaired) electrons. The Morgan fingerprint density at radius 3 is 3.38 bits per heavy atom. The number of hydrogen-bond donors (Lipinski definition) is 2. The third-order valence-corrected chi connectivity index (χ3v) is 1.38.